The highest BCUT2D eigenvalue weighted by Crippen LogP contribution is 2.35. The fourth-order valence-electron chi connectivity index (χ4n) is 4.47. The van der Waals surface area contributed by atoms with E-state index in [0.29, 0.717) is 25.9 Å². The zero-order valence-corrected chi connectivity index (χ0v) is 18.9. The summed E-state index contributed by atoms with van der Waals surface area (Å²) in [6.45, 7) is 2.53. The number of hydrogen-bond acceptors (Lipinski definition) is 5. The van der Waals surface area contributed by atoms with E-state index >= 15 is 0 Å². The first-order chi connectivity index (χ1) is 16.6. The van der Waals surface area contributed by atoms with Crippen LogP contribution in [0.15, 0.2) is 55.1 Å². The monoisotopic (exact) mass is 496 g/mol. The van der Waals surface area contributed by atoms with Crippen LogP contribution in [-0.2, 0) is 18.3 Å². The van der Waals surface area contributed by atoms with E-state index in [9.17, 15) is 27.1 Å². The molecule has 4 rings (SSSR count). The van der Waals surface area contributed by atoms with Gasteiger partial charge in [0.25, 0.3) is 0 Å². The number of halogens is 5. The summed E-state index contributed by atoms with van der Waals surface area (Å²) in [5.41, 5.74) is -2.61. The van der Waals surface area contributed by atoms with Crippen LogP contribution in [0.25, 0.3) is 0 Å². The van der Waals surface area contributed by atoms with Crippen molar-refractivity contribution in [2.75, 3.05) is 13.1 Å². The summed E-state index contributed by atoms with van der Waals surface area (Å²) >= 11 is 0. The second kappa shape index (κ2) is 9.90. The SMILES string of the molecule is C[C@@H](N1CCC(Oc2cccc(C(F)(F)F)c2)CC1)[C@](O)(Cn1cncn1)c1ccc(F)cc1F. The Labute approximate surface area is 199 Å². The summed E-state index contributed by atoms with van der Waals surface area (Å²) < 4.78 is 74.4. The summed E-state index contributed by atoms with van der Waals surface area (Å²) in [6, 6.07) is 7.18. The van der Waals surface area contributed by atoms with Crippen molar-refractivity contribution in [1.82, 2.24) is 19.7 Å². The van der Waals surface area contributed by atoms with Crippen molar-refractivity contribution in [3.63, 3.8) is 0 Å². The van der Waals surface area contributed by atoms with Gasteiger partial charge in [0.2, 0.25) is 0 Å². The molecule has 1 saturated heterocycles. The Bertz CT molecular complexity index is 1130. The molecule has 0 aliphatic carbocycles. The first-order valence-electron chi connectivity index (χ1n) is 11.1. The second-order valence-electron chi connectivity index (χ2n) is 8.70. The Balaban J connectivity index is 1.48. The molecule has 188 valence electrons. The van der Waals surface area contributed by atoms with Gasteiger partial charge >= 0.3 is 6.18 Å². The molecular formula is C24H25F5N4O2. The average Bonchev–Trinajstić information content (AvgIpc) is 3.31. The van der Waals surface area contributed by atoms with Crippen molar-refractivity contribution in [1.29, 1.82) is 0 Å². The quantitative estimate of drug-likeness (QED) is 0.492. The number of ether oxygens (including phenoxy) is 1. The van der Waals surface area contributed by atoms with Crippen molar-refractivity contribution in [3.05, 3.63) is 77.9 Å². The molecule has 0 saturated carbocycles. The van der Waals surface area contributed by atoms with E-state index in [4.69, 9.17) is 4.74 Å². The van der Waals surface area contributed by atoms with Gasteiger partial charge in [-0.25, -0.2) is 18.4 Å². The van der Waals surface area contributed by atoms with E-state index in [0.717, 1.165) is 24.3 Å². The van der Waals surface area contributed by atoms with Crippen LogP contribution in [0.5, 0.6) is 5.75 Å². The maximum atomic E-state index is 14.8. The van der Waals surface area contributed by atoms with Crippen LogP contribution in [0.1, 0.15) is 30.9 Å². The van der Waals surface area contributed by atoms with Gasteiger partial charge in [0.1, 0.15) is 41.7 Å². The summed E-state index contributed by atoms with van der Waals surface area (Å²) in [7, 11) is 0. The minimum Gasteiger partial charge on any atom is -0.490 e. The standard InChI is InChI=1S/C24H25F5N4O2/c1-16(23(34,13-33-15-30-14-31-33)21-6-5-18(25)12-22(21)26)32-9-7-19(8-10-32)35-20-4-2-3-17(11-20)24(27,28)29/h2-6,11-12,14-16,19,34H,7-10,13H2,1H3/t16-,23-/m1/s1. The molecule has 3 aromatic rings. The number of hydrogen-bond donors (Lipinski definition) is 1. The molecule has 1 aliphatic heterocycles. The minimum atomic E-state index is -4.46. The van der Waals surface area contributed by atoms with E-state index in [2.05, 4.69) is 10.1 Å². The van der Waals surface area contributed by atoms with E-state index in [-0.39, 0.29) is 24.0 Å². The lowest BCUT2D eigenvalue weighted by atomic mass is 9.84. The number of benzene rings is 2. The molecule has 35 heavy (non-hydrogen) atoms. The number of alkyl halides is 3. The normalized spacial score (nSPS) is 18.3. The lowest BCUT2D eigenvalue weighted by molar-refractivity contribution is -0.137. The number of nitrogens with zero attached hydrogens (tertiary/aromatic N) is 4. The largest absolute Gasteiger partial charge is 0.490 e. The van der Waals surface area contributed by atoms with Crippen LogP contribution in [0.3, 0.4) is 0 Å². The number of piperidine rings is 1. The van der Waals surface area contributed by atoms with Crippen LogP contribution >= 0.6 is 0 Å². The molecule has 2 atom stereocenters. The minimum absolute atomic E-state index is 0.0655. The first kappa shape index (κ1) is 25.1. The van der Waals surface area contributed by atoms with Crippen molar-refractivity contribution in [2.24, 2.45) is 0 Å². The van der Waals surface area contributed by atoms with Gasteiger partial charge in [-0.2, -0.15) is 18.3 Å². The van der Waals surface area contributed by atoms with Gasteiger partial charge in [-0.15, -0.1) is 0 Å². The van der Waals surface area contributed by atoms with Gasteiger partial charge < -0.3 is 9.84 Å². The van der Waals surface area contributed by atoms with Crippen molar-refractivity contribution >= 4 is 0 Å². The highest BCUT2D eigenvalue weighted by atomic mass is 19.4. The van der Waals surface area contributed by atoms with Crippen LogP contribution < -0.4 is 4.74 Å². The number of likely N-dealkylation sites (tertiary alicyclic amines) is 1. The maximum absolute atomic E-state index is 14.8. The third-order valence-electron chi connectivity index (χ3n) is 6.45. The summed E-state index contributed by atoms with van der Waals surface area (Å²) in [4.78, 5) is 5.82. The highest BCUT2D eigenvalue weighted by Gasteiger charge is 2.43. The fourth-order valence-corrected chi connectivity index (χ4v) is 4.47. The zero-order valence-electron chi connectivity index (χ0n) is 18.9. The molecule has 1 fully saturated rings. The van der Waals surface area contributed by atoms with Crippen LogP contribution in [0, 0.1) is 11.6 Å². The van der Waals surface area contributed by atoms with Crippen molar-refractivity contribution in [2.45, 2.75) is 50.2 Å². The molecular weight excluding hydrogens is 471 g/mol. The predicted molar refractivity (Wildman–Crippen MR) is 116 cm³/mol. The maximum Gasteiger partial charge on any atom is 0.416 e. The Hall–Kier alpha value is -3.05. The van der Waals surface area contributed by atoms with E-state index < -0.39 is 35.0 Å². The lowest BCUT2D eigenvalue weighted by Gasteiger charge is -2.44. The Morgan fingerprint density at radius 3 is 2.49 bits per heavy atom. The predicted octanol–water partition coefficient (Wildman–Crippen LogP) is 4.39. The zero-order chi connectivity index (χ0) is 25.2. The van der Waals surface area contributed by atoms with Crippen LogP contribution in [-0.4, -0.2) is 50.0 Å². The average molecular weight is 496 g/mol. The van der Waals surface area contributed by atoms with E-state index in [1.54, 1.807) is 6.92 Å². The Kier molecular flexibility index (Phi) is 7.09. The summed E-state index contributed by atoms with van der Waals surface area (Å²) in [5, 5.41) is 15.7. The Morgan fingerprint density at radius 2 is 1.86 bits per heavy atom. The fraction of sp³-hybridized carbons (Fsp3) is 0.417. The molecule has 0 unspecified atom stereocenters. The topological polar surface area (TPSA) is 63.4 Å². The number of aromatic nitrogens is 3. The van der Waals surface area contributed by atoms with E-state index in [1.165, 1.54) is 35.5 Å². The van der Waals surface area contributed by atoms with E-state index in [1.807, 2.05) is 4.90 Å². The molecule has 1 aromatic heterocycles. The molecule has 0 bridgehead atoms. The van der Waals surface area contributed by atoms with Gasteiger partial charge in [-0.3, -0.25) is 4.90 Å². The third kappa shape index (κ3) is 5.62. The van der Waals surface area contributed by atoms with Gasteiger partial charge in [0.05, 0.1) is 12.1 Å². The van der Waals surface area contributed by atoms with Gasteiger partial charge in [-0.05, 0) is 44.0 Å². The molecule has 11 heteroatoms. The molecule has 0 spiro atoms. The molecule has 1 N–H and O–H groups in total. The van der Waals surface area contributed by atoms with Gasteiger partial charge in [0.15, 0.2) is 0 Å². The smallest absolute Gasteiger partial charge is 0.416 e. The molecule has 6 nitrogen and oxygen atoms in total. The van der Waals surface area contributed by atoms with Gasteiger partial charge in [0, 0.05) is 30.8 Å². The highest BCUT2D eigenvalue weighted by molar-refractivity contribution is 5.30. The van der Waals surface area contributed by atoms with Gasteiger partial charge in [-0.1, -0.05) is 12.1 Å². The molecule has 1 aliphatic rings. The van der Waals surface area contributed by atoms with Crippen molar-refractivity contribution in [3.8, 4) is 5.75 Å². The third-order valence-corrected chi connectivity index (χ3v) is 6.45. The molecule has 0 amide bonds. The number of rotatable bonds is 7. The molecule has 2 aromatic carbocycles. The second-order valence-corrected chi connectivity index (χ2v) is 8.70. The number of aliphatic hydroxyl groups is 1. The Morgan fingerprint density at radius 1 is 1.11 bits per heavy atom. The summed E-state index contributed by atoms with van der Waals surface area (Å²) in [5.74, 6) is -1.49. The summed E-state index contributed by atoms with van der Waals surface area (Å²) in [6.07, 6.45) is -1.09. The molecule has 2 heterocycles. The van der Waals surface area contributed by atoms with Crippen LogP contribution in [0.2, 0.25) is 0 Å². The first-order valence-corrected chi connectivity index (χ1v) is 11.1. The van der Waals surface area contributed by atoms with Crippen molar-refractivity contribution < 1.29 is 31.8 Å². The van der Waals surface area contributed by atoms with Crippen LogP contribution in [0.4, 0.5) is 22.0 Å². The lowest BCUT2D eigenvalue weighted by Crippen LogP contribution is -2.54. The molecule has 0 radical (unpaired) electrons.